The highest BCUT2D eigenvalue weighted by Crippen LogP contribution is 2.27. The SMILES string of the molecule is C[C@@H](NC(=O)[C@H](N)c1ccccc1)C1CCCC1. The first-order valence-corrected chi connectivity index (χ1v) is 6.79. The van der Waals surface area contributed by atoms with E-state index in [2.05, 4.69) is 12.2 Å². The Kier molecular flexibility index (Phi) is 4.37. The van der Waals surface area contributed by atoms with Crippen LogP contribution in [0.2, 0.25) is 0 Å². The van der Waals surface area contributed by atoms with Gasteiger partial charge in [0.2, 0.25) is 5.91 Å². The average Bonchev–Trinajstić information content (AvgIpc) is 2.92. The minimum Gasteiger partial charge on any atom is -0.352 e. The highest BCUT2D eigenvalue weighted by atomic mass is 16.2. The van der Waals surface area contributed by atoms with Crippen LogP contribution in [-0.2, 0) is 4.79 Å². The molecule has 98 valence electrons. The molecule has 1 aromatic rings. The summed E-state index contributed by atoms with van der Waals surface area (Å²) in [5.41, 5.74) is 6.84. The normalized spacial score (nSPS) is 19.4. The Morgan fingerprint density at radius 3 is 2.50 bits per heavy atom. The van der Waals surface area contributed by atoms with Crippen molar-refractivity contribution >= 4 is 5.91 Å². The molecular weight excluding hydrogens is 224 g/mol. The second-order valence-corrected chi connectivity index (χ2v) is 5.23. The monoisotopic (exact) mass is 246 g/mol. The smallest absolute Gasteiger partial charge is 0.241 e. The molecule has 0 unspecified atom stereocenters. The van der Waals surface area contributed by atoms with Crippen molar-refractivity contribution in [2.24, 2.45) is 11.7 Å². The number of hydrogen-bond acceptors (Lipinski definition) is 2. The summed E-state index contributed by atoms with van der Waals surface area (Å²) in [6.07, 6.45) is 5.02. The van der Waals surface area contributed by atoms with Gasteiger partial charge < -0.3 is 11.1 Å². The first kappa shape index (κ1) is 13.1. The highest BCUT2D eigenvalue weighted by molar-refractivity contribution is 5.83. The van der Waals surface area contributed by atoms with Gasteiger partial charge >= 0.3 is 0 Å². The lowest BCUT2D eigenvalue weighted by atomic mass is 9.99. The minimum atomic E-state index is -0.560. The summed E-state index contributed by atoms with van der Waals surface area (Å²) in [4.78, 5) is 12.1. The largest absolute Gasteiger partial charge is 0.352 e. The zero-order valence-corrected chi connectivity index (χ0v) is 10.9. The van der Waals surface area contributed by atoms with Crippen LogP contribution in [0.1, 0.15) is 44.2 Å². The van der Waals surface area contributed by atoms with Gasteiger partial charge in [0.15, 0.2) is 0 Å². The number of carbonyl (C=O) groups is 1. The molecule has 1 amide bonds. The Bertz CT molecular complexity index is 385. The molecule has 1 fully saturated rings. The molecule has 1 saturated carbocycles. The molecule has 0 radical (unpaired) electrons. The van der Waals surface area contributed by atoms with E-state index in [4.69, 9.17) is 5.73 Å². The third-order valence-electron chi connectivity index (χ3n) is 3.92. The molecule has 1 aliphatic carbocycles. The van der Waals surface area contributed by atoms with Crippen molar-refractivity contribution in [3.63, 3.8) is 0 Å². The fourth-order valence-electron chi connectivity index (χ4n) is 2.70. The zero-order valence-electron chi connectivity index (χ0n) is 10.9. The molecule has 0 heterocycles. The van der Waals surface area contributed by atoms with Gasteiger partial charge in [0.05, 0.1) is 0 Å². The fourth-order valence-corrected chi connectivity index (χ4v) is 2.70. The highest BCUT2D eigenvalue weighted by Gasteiger charge is 2.24. The van der Waals surface area contributed by atoms with Crippen LogP contribution in [0.5, 0.6) is 0 Å². The van der Waals surface area contributed by atoms with Crippen LogP contribution < -0.4 is 11.1 Å². The number of nitrogens with two attached hydrogens (primary N) is 1. The lowest BCUT2D eigenvalue weighted by molar-refractivity contribution is -0.123. The number of nitrogens with one attached hydrogen (secondary N) is 1. The molecule has 2 atom stereocenters. The lowest BCUT2D eigenvalue weighted by Gasteiger charge is -2.22. The van der Waals surface area contributed by atoms with Crippen LogP contribution in [0.25, 0.3) is 0 Å². The van der Waals surface area contributed by atoms with E-state index < -0.39 is 6.04 Å². The Morgan fingerprint density at radius 1 is 1.28 bits per heavy atom. The predicted octanol–water partition coefficient (Wildman–Crippen LogP) is 2.38. The summed E-state index contributed by atoms with van der Waals surface area (Å²) in [6, 6.07) is 9.19. The van der Waals surface area contributed by atoms with Gasteiger partial charge in [-0.25, -0.2) is 0 Å². The van der Waals surface area contributed by atoms with Crippen molar-refractivity contribution in [2.75, 3.05) is 0 Å². The van der Waals surface area contributed by atoms with Gasteiger partial charge in [-0.1, -0.05) is 43.2 Å². The van der Waals surface area contributed by atoms with E-state index >= 15 is 0 Å². The van der Waals surface area contributed by atoms with E-state index in [1.807, 2.05) is 30.3 Å². The number of carbonyl (C=O) groups excluding carboxylic acids is 1. The van der Waals surface area contributed by atoms with Crippen LogP contribution in [0, 0.1) is 5.92 Å². The van der Waals surface area contributed by atoms with Gasteiger partial charge in [0, 0.05) is 6.04 Å². The van der Waals surface area contributed by atoms with E-state index in [0.29, 0.717) is 5.92 Å². The third kappa shape index (κ3) is 3.10. The number of amides is 1. The predicted molar refractivity (Wildman–Crippen MR) is 72.9 cm³/mol. The first-order valence-electron chi connectivity index (χ1n) is 6.79. The molecule has 1 aliphatic rings. The topological polar surface area (TPSA) is 55.1 Å². The molecule has 0 aliphatic heterocycles. The summed E-state index contributed by atoms with van der Waals surface area (Å²) < 4.78 is 0. The molecule has 0 aromatic heterocycles. The van der Waals surface area contributed by atoms with Gasteiger partial charge in [-0.2, -0.15) is 0 Å². The number of benzene rings is 1. The minimum absolute atomic E-state index is 0.0689. The molecule has 3 heteroatoms. The van der Waals surface area contributed by atoms with Crippen molar-refractivity contribution in [3.8, 4) is 0 Å². The van der Waals surface area contributed by atoms with E-state index in [-0.39, 0.29) is 11.9 Å². The number of rotatable bonds is 4. The van der Waals surface area contributed by atoms with E-state index in [1.165, 1.54) is 25.7 Å². The Morgan fingerprint density at radius 2 is 1.89 bits per heavy atom. The maximum atomic E-state index is 12.1. The Hall–Kier alpha value is -1.35. The summed E-state index contributed by atoms with van der Waals surface area (Å²) in [5.74, 6) is 0.553. The summed E-state index contributed by atoms with van der Waals surface area (Å²) in [5, 5.41) is 3.06. The van der Waals surface area contributed by atoms with Crippen LogP contribution in [0.4, 0.5) is 0 Å². The van der Waals surface area contributed by atoms with Crippen LogP contribution >= 0.6 is 0 Å². The van der Waals surface area contributed by atoms with Gasteiger partial charge in [0.25, 0.3) is 0 Å². The summed E-state index contributed by atoms with van der Waals surface area (Å²) in [6.45, 7) is 2.09. The molecule has 1 aromatic carbocycles. The lowest BCUT2D eigenvalue weighted by Crippen LogP contribution is -2.42. The van der Waals surface area contributed by atoms with Gasteiger partial charge in [0.1, 0.15) is 6.04 Å². The zero-order chi connectivity index (χ0) is 13.0. The van der Waals surface area contributed by atoms with Crippen LogP contribution in [-0.4, -0.2) is 11.9 Å². The van der Waals surface area contributed by atoms with E-state index in [0.717, 1.165) is 5.56 Å². The fraction of sp³-hybridized carbons (Fsp3) is 0.533. The van der Waals surface area contributed by atoms with Gasteiger partial charge in [-0.15, -0.1) is 0 Å². The van der Waals surface area contributed by atoms with Crippen molar-refractivity contribution in [2.45, 2.75) is 44.7 Å². The quantitative estimate of drug-likeness (QED) is 0.857. The van der Waals surface area contributed by atoms with Gasteiger partial charge in [-0.05, 0) is 31.2 Å². The van der Waals surface area contributed by atoms with Crippen LogP contribution in [0.3, 0.4) is 0 Å². The van der Waals surface area contributed by atoms with Crippen molar-refractivity contribution in [3.05, 3.63) is 35.9 Å². The molecule has 2 rings (SSSR count). The first-order chi connectivity index (χ1) is 8.68. The van der Waals surface area contributed by atoms with E-state index in [1.54, 1.807) is 0 Å². The summed E-state index contributed by atoms with van der Waals surface area (Å²) in [7, 11) is 0. The Labute approximate surface area is 109 Å². The maximum Gasteiger partial charge on any atom is 0.241 e. The Balaban J connectivity index is 1.91. The molecule has 3 N–H and O–H groups in total. The second kappa shape index (κ2) is 6.01. The van der Waals surface area contributed by atoms with Crippen LogP contribution in [0.15, 0.2) is 30.3 Å². The second-order valence-electron chi connectivity index (χ2n) is 5.23. The van der Waals surface area contributed by atoms with Crippen molar-refractivity contribution < 1.29 is 4.79 Å². The third-order valence-corrected chi connectivity index (χ3v) is 3.92. The molecular formula is C15H22N2O. The average molecular weight is 246 g/mol. The van der Waals surface area contributed by atoms with Crippen molar-refractivity contribution in [1.29, 1.82) is 0 Å². The molecule has 0 bridgehead atoms. The molecule has 18 heavy (non-hydrogen) atoms. The van der Waals surface area contributed by atoms with E-state index in [9.17, 15) is 4.79 Å². The maximum absolute atomic E-state index is 12.1. The molecule has 3 nitrogen and oxygen atoms in total. The molecule has 0 saturated heterocycles. The number of hydrogen-bond donors (Lipinski definition) is 2. The summed E-state index contributed by atoms with van der Waals surface area (Å²) >= 11 is 0. The molecule has 0 spiro atoms. The van der Waals surface area contributed by atoms with Gasteiger partial charge in [-0.3, -0.25) is 4.79 Å². The standard InChI is InChI=1S/C15H22N2O/c1-11(12-7-5-6-8-12)17-15(18)14(16)13-9-3-2-4-10-13/h2-4,9-12,14H,5-8,16H2,1H3,(H,17,18)/t11-,14-/m1/s1. The van der Waals surface area contributed by atoms with Crippen molar-refractivity contribution in [1.82, 2.24) is 5.32 Å².